The van der Waals surface area contributed by atoms with Crippen molar-refractivity contribution in [2.75, 3.05) is 25.6 Å². The van der Waals surface area contributed by atoms with Gasteiger partial charge in [-0.3, -0.25) is 9.59 Å². The molecule has 0 aromatic heterocycles. The molecule has 1 fully saturated rings. The molecule has 0 saturated carbocycles. The zero-order valence-electron chi connectivity index (χ0n) is 12.7. The van der Waals surface area contributed by atoms with Crippen LogP contribution in [0.2, 0.25) is 0 Å². The number of amides is 2. The fourth-order valence-corrected chi connectivity index (χ4v) is 2.59. The van der Waals surface area contributed by atoms with Crippen molar-refractivity contribution in [3.05, 3.63) is 29.8 Å². The van der Waals surface area contributed by atoms with Gasteiger partial charge in [0.05, 0.1) is 29.8 Å². The molecule has 1 saturated heterocycles. The molecule has 22 heavy (non-hydrogen) atoms. The van der Waals surface area contributed by atoms with Gasteiger partial charge in [0.1, 0.15) is 6.07 Å². The Bertz CT molecular complexity index is 609. The van der Waals surface area contributed by atoms with Gasteiger partial charge in [0, 0.05) is 20.1 Å². The molecule has 0 radical (unpaired) electrons. The molecule has 6 nitrogen and oxygen atoms in total. The molecule has 0 aliphatic carbocycles. The number of carbonyl (C=O) groups excluding carboxylic acids is 2. The second-order valence-corrected chi connectivity index (χ2v) is 5.40. The summed E-state index contributed by atoms with van der Waals surface area (Å²) >= 11 is 0. The third-order valence-corrected chi connectivity index (χ3v) is 3.77. The van der Waals surface area contributed by atoms with Gasteiger partial charge in [-0.25, -0.2) is 0 Å². The average molecular weight is 301 g/mol. The number of likely N-dealkylation sites (tertiary alicyclic amines) is 1. The number of hydrogen-bond donors (Lipinski definition) is 1. The summed E-state index contributed by atoms with van der Waals surface area (Å²) in [4.78, 5) is 26.0. The highest BCUT2D eigenvalue weighted by molar-refractivity contribution is 5.98. The highest BCUT2D eigenvalue weighted by Gasteiger charge is 2.36. The summed E-state index contributed by atoms with van der Waals surface area (Å²) in [6.07, 6.45) is 0.189. The molecule has 0 spiro atoms. The zero-order valence-corrected chi connectivity index (χ0v) is 12.7. The fraction of sp³-hybridized carbons (Fsp3) is 0.438. The summed E-state index contributed by atoms with van der Waals surface area (Å²) in [5, 5.41) is 11.8. The standard InChI is InChI=1S/C16H19N3O3/c1-11(10-22-2)19-9-13(7-15(19)20)16(21)18-14-6-4-3-5-12(14)8-17/h3-6,11,13H,7,9-10H2,1-2H3,(H,18,21)/t11-,13+/m0/s1. The number of nitriles is 1. The quantitative estimate of drug-likeness (QED) is 0.890. The molecule has 1 aromatic carbocycles. The van der Waals surface area contributed by atoms with E-state index < -0.39 is 5.92 Å². The second-order valence-electron chi connectivity index (χ2n) is 5.40. The largest absolute Gasteiger partial charge is 0.383 e. The summed E-state index contributed by atoms with van der Waals surface area (Å²) in [5.74, 6) is -0.681. The number of benzene rings is 1. The van der Waals surface area contributed by atoms with Crippen LogP contribution in [0.15, 0.2) is 24.3 Å². The van der Waals surface area contributed by atoms with E-state index in [2.05, 4.69) is 5.32 Å². The molecule has 1 aliphatic heterocycles. The Morgan fingerprint density at radius 3 is 2.95 bits per heavy atom. The predicted octanol–water partition coefficient (Wildman–Crippen LogP) is 1.38. The lowest BCUT2D eigenvalue weighted by Crippen LogP contribution is -2.38. The van der Waals surface area contributed by atoms with Gasteiger partial charge in [-0.2, -0.15) is 5.26 Å². The van der Waals surface area contributed by atoms with Crippen LogP contribution >= 0.6 is 0 Å². The topological polar surface area (TPSA) is 82.4 Å². The van der Waals surface area contributed by atoms with E-state index >= 15 is 0 Å². The van der Waals surface area contributed by atoms with E-state index in [1.165, 1.54) is 0 Å². The van der Waals surface area contributed by atoms with Crippen LogP contribution < -0.4 is 5.32 Å². The Kier molecular flexibility index (Phi) is 5.12. The Hall–Kier alpha value is -2.39. The highest BCUT2D eigenvalue weighted by atomic mass is 16.5. The number of nitrogens with one attached hydrogen (secondary N) is 1. The molecular weight excluding hydrogens is 282 g/mol. The lowest BCUT2D eigenvalue weighted by atomic mass is 10.1. The van der Waals surface area contributed by atoms with Crippen molar-refractivity contribution in [2.24, 2.45) is 5.92 Å². The number of anilines is 1. The molecule has 2 rings (SSSR count). The van der Waals surface area contributed by atoms with E-state index in [-0.39, 0.29) is 24.3 Å². The Labute approximate surface area is 129 Å². The van der Waals surface area contributed by atoms with Crippen LogP contribution in [-0.2, 0) is 14.3 Å². The van der Waals surface area contributed by atoms with Crippen LogP contribution in [-0.4, -0.2) is 43.0 Å². The van der Waals surface area contributed by atoms with Gasteiger partial charge in [0.2, 0.25) is 11.8 Å². The number of methoxy groups -OCH3 is 1. The first kappa shape index (κ1) is 16.0. The molecule has 1 aromatic rings. The van der Waals surface area contributed by atoms with Crippen molar-refractivity contribution in [1.29, 1.82) is 5.26 Å². The molecule has 116 valence electrons. The highest BCUT2D eigenvalue weighted by Crippen LogP contribution is 2.23. The van der Waals surface area contributed by atoms with Crippen molar-refractivity contribution >= 4 is 17.5 Å². The molecule has 1 aliphatic rings. The molecule has 0 bridgehead atoms. The maximum absolute atomic E-state index is 12.3. The average Bonchev–Trinajstić information content (AvgIpc) is 2.90. The Morgan fingerprint density at radius 2 is 2.27 bits per heavy atom. The van der Waals surface area contributed by atoms with Gasteiger partial charge < -0.3 is 15.0 Å². The van der Waals surface area contributed by atoms with E-state index in [4.69, 9.17) is 10.00 Å². The molecule has 2 amide bonds. The Morgan fingerprint density at radius 1 is 1.55 bits per heavy atom. The summed E-state index contributed by atoms with van der Waals surface area (Å²) < 4.78 is 5.06. The van der Waals surface area contributed by atoms with Gasteiger partial charge in [-0.1, -0.05) is 12.1 Å². The van der Waals surface area contributed by atoms with E-state index in [0.29, 0.717) is 24.4 Å². The molecule has 2 atom stereocenters. The van der Waals surface area contributed by atoms with Crippen molar-refractivity contribution < 1.29 is 14.3 Å². The van der Waals surface area contributed by atoms with E-state index in [1.807, 2.05) is 13.0 Å². The predicted molar refractivity (Wildman–Crippen MR) is 80.9 cm³/mol. The van der Waals surface area contributed by atoms with Crippen molar-refractivity contribution in [2.45, 2.75) is 19.4 Å². The third kappa shape index (κ3) is 3.43. The summed E-state index contributed by atoms with van der Waals surface area (Å²) in [6.45, 7) is 2.72. The molecule has 1 heterocycles. The molecular formula is C16H19N3O3. The van der Waals surface area contributed by atoms with Gasteiger partial charge in [0.15, 0.2) is 0 Å². The summed E-state index contributed by atoms with van der Waals surface area (Å²) in [7, 11) is 1.58. The van der Waals surface area contributed by atoms with Crippen LogP contribution in [0.5, 0.6) is 0 Å². The van der Waals surface area contributed by atoms with E-state index in [0.717, 1.165) is 0 Å². The zero-order chi connectivity index (χ0) is 16.1. The third-order valence-electron chi connectivity index (χ3n) is 3.77. The van der Waals surface area contributed by atoms with Gasteiger partial charge in [-0.15, -0.1) is 0 Å². The lowest BCUT2D eigenvalue weighted by Gasteiger charge is -2.23. The van der Waals surface area contributed by atoms with Crippen LogP contribution in [0.25, 0.3) is 0 Å². The van der Waals surface area contributed by atoms with Crippen LogP contribution in [0.1, 0.15) is 18.9 Å². The number of para-hydroxylation sites is 1. The fourth-order valence-electron chi connectivity index (χ4n) is 2.59. The van der Waals surface area contributed by atoms with Gasteiger partial charge >= 0.3 is 0 Å². The van der Waals surface area contributed by atoms with Crippen LogP contribution in [0.4, 0.5) is 5.69 Å². The second kappa shape index (κ2) is 7.05. The first-order valence-corrected chi connectivity index (χ1v) is 7.15. The minimum Gasteiger partial charge on any atom is -0.383 e. The SMILES string of the molecule is COC[C@H](C)N1C[C@H](C(=O)Nc2ccccc2C#N)CC1=O. The summed E-state index contributed by atoms with van der Waals surface area (Å²) in [5.41, 5.74) is 0.885. The molecule has 6 heteroatoms. The minimum atomic E-state index is -0.404. The Balaban J connectivity index is 2.03. The molecule has 1 N–H and O–H groups in total. The van der Waals surface area contributed by atoms with E-state index in [9.17, 15) is 9.59 Å². The van der Waals surface area contributed by atoms with Gasteiger partial charge in [0.25, 0.3) is 0 Å². The van der Waals surface area contributed by atoms with Crippen molar-refractivity contribution in [3.63, 3.8) is 0 Å². The minimum absolute atomic E-state index is 0.0433. The number of ether oxygens (including phenoxy) is 1. The van der Waals surface area contributed by atoms with Crippen molar-refractivity contribution in [3.8, 4) is 6.07 Å². The first-order valence-electron chi connectivity index (χ1n) is 7.15. The molecule has 0 unspecified atom stereocenters. The van der Waals surface area contributed by atoms with Crippen LogP contribution in [0, 0.1) is 17.2 Å². The monoisotopic (exact) mass is 301 g/mol. The maximum atomic E-state index is 12.3. The number of hydrogen-bond acceptors (Lipinski definition) is 4. The normalized spacial score (nSPS) is 18.9. The smallest absolute Gasteiger partial charge is 0.229 e. The van der Waals surface area contributed by atoms with Crippen LogP contribution in [0.3, 0.4) is 0 Å². The summed E-state index contributed by atoms with van der Waals surface area (Å²) in [6, 6.07) is 8.79. The lowest BCUT2D eigenvalue weighted by molar-refractivity contribution is -0.130. The number of rotatable bonds is 5. The number of carbonyl (C=O) groups is 2. The maximum Gasteiger partial charge on any atom is 0.229 e. The van der Waals surface area contributed by atoms with Crippen molar-refractivity contribution in [1.82, 2.24) is 4.90 Å². The first-order chi connectivity index (χ1) is 10.6. The number of nitrogens with zero attached hydrogens (tertiary/aromatic N) is 2. The van der Waals surface area contributed by atoms with E-state index in [1.54, 1.807) is 36.3 Å². The van der Waals surface area contributed by atoms with Gasteiger partial charge in [-0.05, 0) is 19.1 Å².